The van der Waals surface area contributed by atoms with Crippen molar-refractivity contribution >= 4 is 23.2 Å². The second-order valence-corrected chi connectivity index (χ2v) is 6.86. The molecule has 1 aromatic carbocycles. The van der Waals surface area contributed by atoms with Crippen molar-refractivity contribution in [1.29, 1.82) is 0 Å². The van der Waals surface area contributed by atoms with Crippen molar-refractivity contribution in [2.75, 3.05) is 27.8 Å². The minimum atomic E-state index is -0.137. The van der Waals surface area contributed by atoms with E-state index in [9.17, 15) is 9.59 Å². The first-order valence-electron chi connectivity index (χ1n) is 7.64. The molecule has 0 aliphatic carbocycles. The zero-order valence-corrected chi connectivity index (χ0v) is 15.1. The fourth-order valence-electron chi connectivity index (χ4n) is 2.24. The summed E-state index contributed by atoms with van der Waals surface area (Å²) >= 11 is 1.42. The molecule has 0 saturated carbocycles. The van der Waals surface area contributed by atoms with E-state index in [2.05, 4.69) is 5.32 Å². The van der Waals surface area contributed by atoms with Crippen LogP contribution in [0, 0.1) is 0 Å². The smallest absolute Gasteiger partial charge is 0.263 e. The van der Waals surface area contributed by atoms with Crippen LogP contribution >= 0.6 is 11.3 Å². The molecule has 2 rings (SSSR count). The SMILES string of the molecule is COCC(C)NC(=O)c1cccc(-c2ccc(C(=O)N(C)C)s2)c1. The predicted molar refractivity (Wildman–Crippen MR) is 96.6 cm³/mol. The molecule has 0 aliphatic rings. The molecule has 1 heterocycles. The highest BCUT2D eigenvalue weighted by Crippen LogP contribution is 2.29. The molecule has 0 aliphatic heterocycles. The van der Waals surface area contributed by atoms with Crippen LogP contribution in [0.5, 0.6) is 0 Å². The number of hydrogen-bond donors (Lipinski definition) is 1. The number of methoxy groups -OCH3 is 1. The standard InChI is InChI=1S/C18H22N2O3S/c1-12(11-23-4)19-17(21)14-7-5-6-13(10-14)15-8-9-16(24-15)18(22)20(2)3/h5-10,12H,11H2,1-4H3,(H,19,21). The van der Waals surface area contributed by atoms with Crippen LogP contribution < -0.4 is 5.32 Å². The number of carbonyl (C=O) groups excluding carboxylic acids is 2. The Kier molecular flexibility index (Phi) is 6.11. The summed E-state index contributed by atoms with van der Waals surface area (Å²) in [6.07, 6.45) is 0. The number of nitrogens with zero attached hydrogens (tertiary/aromatic N) is 1. The van der Waals surface area contributed by atoms with E-state index < -0.39 is 0 Å². The molecule has 0 bridgehead atoms. The van der Waals surface area contributed by atoms with Crippen molar-refractivity contribution in [1.82, 2.24) is 10.2 Å². The van der Waals surface area contributed by atoms with Gasteiger partial charge >= 0.3 is 0 Å². The van der Waals surface area contributed by atoms with Gasteiger partial charge in [-0.25, -0.2) is 0 Å². The van der Waals surface area contributed by atoms with E-state index in [-0.39, 0.29) is 17.9 Å². The first-order chi connectivity index (χ1) is 11.4. The summed E-state index contributed by atoms with van der Waals surface area (Å²) < 4.78 is 5.03. The number of thiophene rings is 1. The third-order valence-electron chi connectivity index (χ3n) is 3.43. The molecule has 128 valence electrons. The van der Waals surface area contributed by atoms with Crippen molar-refractivity contribution < 1.29 is 14.3 Å². The lowest BCUT2D eigenvalue weighted by atomic mass is 10.1. The molecular weight excluding hydrogens is 324 g/mol. The van der Waals surface area contributed by atoms with Gasteiger partial charge in [-0.3, -0.25) is 9.59 Å². The van der Waals surface area contributed by atoms with Crippen LogP contribution in [-0.2, 0) is 4.74 Å². The van der Waals surface area contributed by atoms with Crippen LogP contribution in [0.3, 0.4) is 0 Å². The van der Waals surface area contributed by atoms with E-state index in [1.807, 2.05) is 37.3 Å². The van der Waals surface area contributed by atoms with E-state index in [4.69, 9.17) is 4.74 Å². The van der Waals surface area contributed by atoms with Crippen LogP contribution in [0.1, 0.15) is 27.0 Å². The first-order valence-corrected chi connectivity index (χ1v) is 8.45. The number of nitrogens with one attached hydrogen (secondary N) is 1. The van der Waals surface area contributed by atoms with Crippen LogP contribution in [0.4, 0.5) is 0 Å². The second kappa shape index (κ2) is 8.08. The van der Waals surface area contributed by atoms with Gasteiger partial charge in [0, 0.05) is 37.7 Å². The maximum atomic E-state index is 12.3. The summed E-state index contributed by atoms with van der Waals surface area (Å²) in [5.41, 5.74) is 1.51. The molecule has 1 aromatic heterocycles. The minimum Gasteiger partial charge on any atom is -0.383 e. The Morgan fingerprint density at radius 1 is 1.25 bits per heavy atom. The largest absolute Gasteiger partial charge is 0.383 e. The molecule has 24 heavy (non-hydrogen) atoms. The Balaban J connectivity index is 2.18. The molecule has 0 spiro atoms. The molecule has 2 aromatic rings. The van der Waals surface area contributed by atoms with Crippen molar-refractivity contribution in [2.24, 2.45) is 0 Å². The lowest BCUT2D eigenvalue weighted by Gasteiger charge is -2.13. The van der Waals surface area contributed by atoms with E-state index >= 15 is 0 Å². The average Bonchev–Trinajstić information content (AvgIpc) is 3.04. The van der Waals surface area contributed by atoms with Gasteiger partial charge in [0.25, 0.3) is 11.8 Å². The highest BCUT2D eigenvalue weighted by atomic mass is 32.1. The lowest BCUT2D eigenvalue weighted by molar-refractivity contribution is 0.0831. The van der Waals surface area contributed by atoms with Crippen molar-refractivity contribution in [3.63, 3.8) is 0 Å². The highest BCUT2D eigenvalue weighted by Gasteiger charge is 2.14. The maximum Gasteiger partial charge on any atom is 0.263 e. The third kappa shape index (κ3) is 4.43. The van der Waals surface area contributed by atoms with Crippen LogP contribution in [0.2, 0.25) is 0 Å². The van der Waals surface area contributed by atoms with Crippen molar-refractivity contribution in [2.45, 2.75) is 13.0 Å². The molecule has 2 amide bonds. The quantitative estimate of drug-likeness (QED) is 0.875. The zero-order valence-electron chi connectivity index (χ0n) is 14.3. The molecule has 0 radical (unpaired) electrons. The van der Waals surface area contributed by atoms with Gasteiger partial charge in [-0.05, 0) is 36.8 Å². The first kappa shape index (κ1) is 18.2. The van der Waals surface area contributed by atoms with Gasteiger partial charge in [0.15, 0.2) is 0 Å². The molecule has 5 nitrogen and oxygen atoms in total. The molecule has 1 unspecified atom stereocenters. The fraction of sp³-hybridized carbons (Fsp3) is 0.333. The van der Waals surface area contributed by atoms with Gasteiger partial charge in [-0.1, -0.05) is 12.1 Å². The van der Waals surface area contributed by atoms with E-state index in [1.165, 1.54) is 11.3 Å². The van der Waals surface area contributed by atoms with E-state index in [1.54, 1.807) is 32.2 Å². The van der Waals surface area contributed by atoms with E-state index in [0.717, 1.165) is 10.4 Å². The van der Waals surface area contributed by atoms with Gasteiger partial charge in [-0.15, -0.1) is 11.3 Å². The number of benzene rings is 1. The third-order valence-corrected chi connectivity index (χ3v) is 4.55. The second-order valence-electron chi connectivity index (χ2n) is 5.77. The molecule has 0 fully saturated rings. The average molecular weight is 346 g/mol. The summed E-state index contributed by atoms with van der Waals surface area (Å²) in [6, 6.07) is 11.1. The van der Waals surface area contributed by atoms with E-state index in [0.29, 0.717) is 17.0 Å². The number of amides is 2. The summed E-state index contributed by atoms with van der Waals surface area (Å²) in [4.78, 5) is 27.5. The van der Waals surface area contributed by atoms with Crippen LogP contribution in [-0.4, -0.2) is 50.6 Å². The molecule has 0 saturated heterocycles. The number of rotatable bonds is 6. The number of carbonyl (C=O) groups is 2. The Hall–Kier alpha value is -2.18. The summed E-state index contributed by atoms with van der Waals surface area (Å²) in [5.74, 6) is -0.156. The Labute approximate surface area is 146 Å². The summed E-state index contributed by atoms with van der Waals surface area (Å²) in [7, 11) is 5.06. The van der Waals surface area contributed by atoms with Crippen molar-refractivity contribution in [3.8, 4) is 10.4 Å². The van der Waals surface area contributed by atoms with Gasteiger partial charge in [0.05, 0.1) is 11.5 Å². The molecule has 6 heteroatoms. The maximum absolute atomic E-state index is 12.3. The Morgan fingerprint density at radius 2 is 2.00 bits per heavy atom. The predicted octanol–water partition coefficient (Wildman–Crippen LogP) is 2.88. The van der Waals surface area contributed by atoms with Crippen LogP contribution in [0.25, 0.3) is 10.4 Å². The zero-order chi connectivity index (χ0) is 17.7. The van der Waals surface area contributed by atoms with Gasteiger partial charge in [-0.2, -0.15) is 0 Å². The van der Waals surface area contributed by atoms with Crippen molar-refractivity contribution in [3.05, 3.63) is 46.8 Å². The van der Waals surface area contributed by atoms with Gasteiger partial charge in [0.1, 0.15) is 0 Å². The lowest BCUT2D eigenvalue weighted by Crippen LogP contribution is -2.35. The normalized spacial score (nSPS) is 11.8. The topological polar surface area (TPSA) is 58.6 Å². The number of hydrogen-bond acceptors (Lipinski definition) is 4. The number of ether oxygens (including phenoxy) is 1. The Morgan fingerprint density at radius 3 is 2.67 bits per heavy atom. The molecule has 1 N–H and O–H groups in total. The van der Waals surface area contributed by atoms with Gasteiger partial charge < -0.3 is 15.0 Å². The summed E-state index contributed by atoms with van der Waals surface area (Å²) in [5, 5.41) is 2.89. The Bertz CT molecular complexity index is 725. The minimum absolute atomic E-state index is 0.0199. The van der Waals surface area contributed by atoms with Gasteiger partial charge in [0.2, 0.25) is 0 Å². The summed E-state index contributed by atoms with van der Waals surface area (Å²) in [6.45, 7) is 2.36. The monoisotopic (exact) mass is 346 g/mol. The van der Waals surface area contributed by atoms with Crippen LogP contribution in [0.15, 0.2) is 36.4 Å². The fourth-order valence-corrected chi connectivity index (χ4v) is 3.26. The molecule has 1 atom stereocenters. The molecular formula is C18H22N2O3S. The highest BCUT2D eigenvalue weighted by molar-refractivity contribution is 7.17.